The van der Waals surface area contributed by atoms with Crippen LogP contribution in [0.2, 0.25) is 0 Å². The van der Waals surface area contributed by atoms with Gasteiger partial charge in [0.25, 0.3) is 0 Å². The molecule has 0 atom stereocenters. The minimum atomic E-state index is -3.42. The van der Waals surface area contributed by atoms with Crippen LogP contribution in [-0.2, 0) is 16.7 Å². The maximum Gasteiger partial charge on any atom is 0.243 e. The van der Waals surface area contributed by atoms with E-state index in [0.717, 1.165) is 29.2 Å². The Kier molecular flexibility index (Phi) is 4.96. The second-order valence-corrected chi connectivity index (χ2v) is 9.86. The summed E-state index contributed by atoms with van der Waals surface area (Å²) in [4.78, 5) is 1.68. The number of nitrogens with one attached hydrogen (secondary N) is 1. The van der Waals surface area contributed by atoms with Crippen molar-refractivity contribution in [3.05, 3.63) is 40.4 Å². The molecule has 9 heteroatoms. The first-order chi connectivity index (χ1) is 12.9. The molecule has 0 radical (unpaired) electrons. The summed E-state index contributed by atoms with van der Waals surface area (Å²) in [5.41, 5.74) is 1.06. The maximum absolute atomic E-state index is 12.8. The molecule has 7 nitrogen and oxygen atoms in total. The Hall–Kier alpha value is -1.55. The van der Waals surface area contributed by atoms with Crippen molar-refractivity contribution in [2.24, 2.45) is 0 Å². The van der Waals surface area contributed by atoms with Crippen molar-refractivity contribution in [3.8, 4) is 0 Å². The maximum atomic E-state index is 12.8. The topological polar surface area (TPSA) is 64.6 Å². The van der Waals surface area contributed by atoms with Crippen LogP contribution in [0, 0.1) is 18.6 Å². The fourth-order valence-corrected chi connectivity index (χ4v) is 5.48. The summed E-state index contributed by atoms with van der Waals surface area (Å²) in [6, 6.07) is 7.59. The number of piperazine rings is 1. The van der Waals surface area contributed by atoms with Gasteiger partial charge in [0.2, 0.25) is 14.8 Å². The second-order valence-electron chi connectivity index (χ2n) is 7.56. The molecule has 2 aliphatic rings. The largest absolute Gasteiger partial charge is 0.314 e. The van der Waals surface area contributed by atoms with E-state index >= 15 is 0 Å². The molecule has 0 amide bonds. The van der Waals surface area contributed by atoms with Crippen molar-refractivity contribution in [1.82, 2.24) is 18.7 Å². The van der Waals surface area contributed by atoms with Crippen LogP contribution < -0.4 is 4.90 Å². The molecule has 146 valence electrons. The zero-order valence-electron chi connectivity index (χ0n) is 15.8. The zero-order valence-corrected chi connectivity index (χ0v) is 17.4. The number of benzene rings is 1. The highest BCUT2D eigenvalue weighted by Crippen LogP contribution is 2.35. The molecule has 2 aromatic rings. The van der Waals surface area contributed by atoms with E-state index in [1.807, 2.05) is 30.7 Å². The van der Waals surface area contributed by atoms with E-state index in [-0.39, 0.29) is 0 Å². The molecule has 1 aliphatic carbocycles. The lowest BCUT2D eigenvalue weighted by Gasteiger charge is -2.31. The molecule has 0 spiro atoms. The van der Waals surface area contributed by atoms with E-state index in [1.54, 1.807) is 16.4 Å². The standard InChI is InChI=1S/C18H25N5O2S2/c1-14-3-7-17(8-4-14)27(24,25)21-11-9-20(10-12-21)13-22-18(26)23(15(2)19-22)16-5-6-16/h3-4,7-8,16H,5-6,9-13H2,1-2H3/p+1. The average molecular weight is 409 g/mol. The third-order valence-electron chi connectivity index (χ3n) is 5.41. The summed E-state index contributed by atoms with van der Waals surface area (Å²) in [5.74, 6) is 0.975. The Morgan fingerprint density at radius 1 is 1.15 bits per heavy atom. The number of nitrogens with zero attached hydrogens (tertiary/aromatic N) is 4. The van der Waals surface area contributed by atoms with Gasteiger partial charge in [0.05, 0.1) is 31.1 Å². The highest BCUT2D eigenvalue weighted by Gasteiger charge is 2.31. The van der Waals surface area contributed by atoms with Gasteiger partial charge in [0, 0.05) is 6.04 Å². The zero-order chi connectivity index (χ0) is 19.2. The summed E-state index contributed by atoms with van der Waals surface area (Å²) in [5, 5.41) is 4.61. The molecule has 1 aliphatic heterocycles. The van der Waals surface area contributed by atoms with Crippen molar-refractivity contribution in [2.45, 2.75) is 44.3 Å². The highest BCUT2D eigenvalue weighted by atomic mass is 32.2. The fourth-order valence-electron chi connectivity index (χ4n) is 3.66. The predicted molar refractivity (Wildman–Crippen MR) is 105 cm³/mol. The van der Waals surface area contributed by atoms with Gasteiger partial charge in [0.1, 0.15) is 5.82 Å². The van der Waals surface area contributed by atoms with E-state index in [2.05, 4.69) is 9.67 Å². The number of sulfonamides is 1. The number of rotatable bonds is 5. The van der Waals surface area contributed by atoms with E-state index in [9.17, 15) is 8.42 Å². The average Bonchev–Trinajstić information content (AvgIpc) is 3.43. The normalized spacial score (nSPS) is 19.5. The van der Waals surface area contributed by atoms with Gasteiger partial charge in [-0.1, -0.05) is 17.7 Å². The molecule has 2 fully saturated rings. The van der Waals surface area contributed by atoms with Crippen molar-refractivity contribution in [2.75, 3.05) is 26.2 Å². The Bertz CT molecular complexity index is 982. The monoisotopic (exact) mass is 408 g/mol. The Labute approximate surface area is 165 Å². The van der Waals surface area contributed by atoms with Gasteiger partial charge in [-0.05, 0) is 51.0 Å². The van der Waals surface area contributed by atoms with Gasteiger partial charge in [-0.15, -0.1) is 0 Å². The van der Waals surface area contributed by atoms with Crippen LogP contribution in [0.15, 0.2) is 29.2 Å². The molecule has 4 rings (SSSR count). The first-order valence-corrected chi connectivity index (χ1v) is 11.3. The molecule has 1 saturated carbocycles. The van der Waals surface area contributed by atoms with Crippen molar-refractivity contribution < 1.29 is 13.3 Å². The lowest BCUT2D eigenvalue weighted by atomic mass is 10.2. The van der Waals surface area contributed by atoms with Crippen molar-refractivity contribution in [1.29, 1.82) is 0 Å². The predicted octanol–water partition coefficient (Wildman–Crippen LogP) is 0.913. The Balaban J connectivity index is 1.41. The smallest absolute Gasteiger partial charge is 0.243 e. The SMILES string of the molecule is Cc1ccc(S(=O)(=O)N2CC[NH+](Cn3nc(C)n(C4CC4)c3=S)CC2)cc1. The van der Waals surface area contributed by atoms with Gasteiger partial charge >= 0.3 is 0 Å². The number of aryl methyl sites for hydroxylation is 2. The van der Waals surface area contributed by atoms with Crippen LogP contribution in [0.1, 0.15) is 30.3 Å². The van der Waals surface area contributed by atoms with Crippen molar-refractivity contribution in [3.63, 3.8) is 0 Å². The number of hydrogen-bond donors (Lipinski definition) is 1. The summed E-state index contributed by atoms with van der Waals surface area (Å²) >= 11 is 5.60. The minimum absolute atomic E-state index is 0.373. The molecule has 1 N–H and O–H groups in total. The van der Waals surface area contributed by atoms with Gasteiger partial charge in [-0.25, -0.2) is 8.42 Å². The summed E-state index contributed by atoms with van der Waals surface area (Å²) in [6.07, 6.45) is 2.37. The quantitative estimate of drug-likeness (QED) is 0.747. The van der Waals surface area contributed by atoms with E-state index < -0.39 is 10.0 Å². The van der Waals surface area contributed by atoms with E-state index in [4.69, 9.17) is 12.2 Å². The number of quaternary nitrogens is 1. The summed E-state index contributed by atoms with van der Waals surface area (Å²) in [6.45, 7) is 7.19. The number of aromatic nitrogens is 3. The molecule has 0 unspecified atom stereocenters. The Morgan fingerprint density at radius 3 is 2.37 bits per heavy atom. The van der Waals surface area contributed by atoms with Crippen molar-refractivity contribution >= 4 is 22.2 Å². The molecular formula is C18H26N5O2S2+. The van der Waals surface area contributed by atoms with E-state index in [1.165, 1.54) is 17.7 Å². The molecule has 27 heavy (non-hydrogen) atoms. The molecule has 0 bridgehead atoms. The van der Waals surface area contributed by atoms with Crippen LogP contribution in [0.5, 0.6) is 0 Å². The van der Waals surface area contributed by atoms with Crippen LogP contribution in [-0.4, -0.2) is 53.2 Å². The minimum Gasteiger partial charge on any atom is -0.314 e. The third kappa shape index (κ3) is 3.73. The molecule has 1 saturated heterocycles. The molecule has 1 aromatic heterocycles. The first-order valence-electron chi connectivity index (χ1n) is 9.42. The summed E-state index contributed by atoms with van der Waals surface area (Å²) in [7, 11) is -3.42. The lowest BCUT2D eigenvalue weighted by molar-refractivity contribution is -0.926. The summed E-state index contributed by atoms with van der Waals surface area (Å²) < 4.78 is 32.1. The molecule has 2 heterocycles. The van der Waals surface area contributed by atoms with Crippen LogP contribution in [0.4, 0.5) is 0 Å². The van der Waals surface area contributed by atoms with Crippen LogP contribution in [0.25, 0.3) is 0 Å². The lowest BCUT2D eigenvalue weighted by Crippen LogP contribution is -3.14. The van der Waals surface area contributed by atoms with Gasteiger partial charge < -0.3 is 9.47 Å². The van der Waals surface area contributed by atoms with Gasteiger partial charge in [0.15, 0.2) is 6.67 Å². The first kappa shape index (κ1) is 18.8. The highest BCUT2D eigenvalue weighted by molar-refractivity contribution is 7.89. The fraction of sp³-hybridized carbons (Fsp3) is 0.556. The van der Waals surface area contributed by atoms with E-state index in [0.29, 0.717) is 30.7 Å². The number of hydrogen-bond acceptors (Lipinski definition) is 4. The van der Waals surface area contributed by atoms with Crippen LogP contribution in [0.3, 0.4) is 0 Å². The molecular weight excluding hydrogens is 382 g/mol. The second kappa shape index (κ2) is 7.12. The van der Waals surface area contributed by atoms with Crippen LogP contribution >= 0.6 is 12.2 Å². The Morgan fingerprint density at radius 2 is 1.78 bits per heavy atom. The molecule has 1 aromatic carbocycles. The van der Waals surface area contributed by atoms with Gasteiger partial charge in [-0.2, -0.15) is 14.1 Å². The third-order valence-corrected chi connectivity index (χ3v) is 7.73. The van der Waals surface area contributed by atoms with Gasteiger partial charge in [-0.3, -0.25) is 0 Å².